The van der Waals surface area contributed by atoms with E-state index in [-0.39, 0.29) is 6.03 Å². The number of hydrogen-bond donors (Lipinski definition) is 1. The van der Waals surface area contributed by atoms with Crippen LogP contribution in [-0.4, -0.2) is 16.2 Å². The molecule has 3 aromatic carbocycles. The van der Waals surface area contributed by atoms with Crippen molar-refractivity contribution in [2.45, 2.75) is 26.8 Å². The minimum absolute atomic E-state index is 0.241. The molecule has 0 bridgehead atoms. The lowest BCUT2D eigenvalue weighted by atomic mass is 9.94. The molecule has 0 fully saturated rings. The van der Waals surface area contributed by atoms with Gasteiger partial charge in [0.2, 0.25) is 5.82 Å². The lowest BCUT2D eigenvalue weighted by Crippen LogP contribution is -2.46. The average Bonchev–Trinajstić information content (AvgIpc) is 3.29. The highest BCUT2D eigenvalue weighted by molar-refractivity contribution is 6.30. The standard InChI is InChI=1S/C27H23ClN4O2/c1-16-10-12-19(13-11-16)25-30-26(34-31-25)23-18(3)32(22-9-4-6-17(2)14-22)27(33)29-24(23)20-7-5-8-21(28)15-20/h4-15,24H,1-3H3,(H,29,33). The maximum Gasteiger partial charge on any atom is 0.326 e. The van der Waals surface area contributed by atoms with Crippen LogP contribution < -0.4 is 10.2 Å². The molecule has 1 aromatic heterocycles. The Morgan fingerprint density at radius 1 is 0.941 bits per heavy atom. The van der Waals surface area contributed by atoms with Gasteiger partial charge in [-0.2, -0.15) is 4.98 Å². The summed E-state index contributed by atoms with van der Waals surface area (Å²) in [7, 11) is 0. The number of rotatable bonds is 4. The van der Waals surface area contributed by atoms with Gasteiger partial charge in [-0.25, -0.2) is 4.79 Å². The Hall–Kier alpha value is -3.90. The number of carbonyl (C=O) groups excluding carboxylic acids is 1. The number of nitrogens with one attached hydrogen (secondary N) is 1. The zero-order valence-electron chi connectivity index (χ0n) is 19.0. The number of amides is 2. The van der Waals surface area contributed by atoms with E-state index in [1.54, 1.807) is 11.0 Å². The quantitative estimate of drug-likeness (QED) is 0.360. The zero-order valence-corrected chi connectivity index (χ0v) is 19.8. The van der Waals surface area contributed by atoms with Crippen molar-refractivity contribution in [2.24, 2.45) is 0 Å². The third-order valence-electron chi connectivity index (χ3n) is 5.89. The van der Waals surface area contributed by atoms with Crippen molar-refractivity contribution in [3.8, 4) is 11.4 Å². The molecule has 0 saturated carbocycles. The Balaban J connectivity index is 1.66. The van der Waals surface area contributed by atoms with E-state index in [2.05, 4.69) is 10.5 Å². The lowest BCUT2D eigenvalue weighted by Gasteiger charge is -2.35. The van der Waals surface area contributed by atoms with Crippen molar-refractivity contribution in [3.05, 3.63) is 106 Å². The Labute approximate surface area is 202 Å². The van der Waals surface area contributed by atoms with Gasteiger partial charge < -0.3 is 9.84 Å². The Kier molecular flexibility index (Phi) is 5.67. The second kappa shape index (κ2) is 8.80. The number of aromatic nitrogens is 2. The fourth-order valence-corrected chi connectivity index (χ4v) is 4.39. The first kappa shape index (κ1) is 21.9. The maximum atomic E-state index is 13.3. The summed E-state index contributed by atoms with van der Waals surface area (Å²) < 4.78 is 5.75. The third kappa shape index (κ3) is 4.08. The molecule has 34 heavy (non-hydrogen) atoms. The Morgan fingerprint density at radius 2 is 1.71 bits per heavy atom. The SMILES string of the molecule is CC1=C(c2nc(-c3ccc(C)cc3)no2)C(c2cccc(Cl)c2)NC(=O)N1c1cccc(C)c1. The number of urea groups is 1. The van der Waals surface area contributed by atoms with E-state index in [0.29, 0.717) is 28.0 Å². The summed E-state index contributed by atoms with van der Waals surface area (Å²) in [6.07, 6.45) is 0. The number of nitrogens with zero attached hydrogens (tertiary/aromatic N) is 3. The molecule has 170 valence electrons. The molecule has 1 aliphatic heterocycles. The topological polar surface area (TPSA) is 71.3 Å². The predicted octanol–water partition coefficient (Wildman–Crippen LogP) is 6.71. The summed E-state index contributed by atoms with van der Waals surface area (Å²) in [5.74, 6) is 0.829. The fourth-order valence-electron chi connectivity index (χ4n) is 4.19. The van der Waals surface area contributed by atoms with Crippen LogP contribution in [0.5, 0.6) is 0 Å². The number of halogens is 1. The van der Waals surface area contributed by atoms with Crippen LogP contribution in [0.15, 0.2) is 83.0 Å². The summed E-state index contributed by atoms with van der Waals surface area (Å²) in [6, 6.07) is 22.4. The van der Waals surface area contributed by atoms with E-state index in [4.69, 9.17) is 21.1 Å². The van der Waals surface area contributed by atoms with Crippen molar-refractivity contribution < 1.29 is 9.32 Å². The van der Waals surface area contributed by atoms with Gasteiger partial charge in [0.25, 0.3) is 5.89 Å². The molecule has 6 nitrogen and oxygen atoms in total. The number of hydrogen-bond acceptors (Lipinski definition) is 4. The van der Waals surface area contributed by atoms with E-state index in [9.17, 15) is 4.79 Å². The molecular weight excluding hydrogens is 448 g/mol. The monoisotopic (exact) mass is 470 g/mol. The van der Waals surface area contributed by atoms with Crippen molar-refractivity contribution in [3.63, 3.8) is 0 Å². The van der Waals surface area contributed by atoms with Crippen molar-refractivity contribution in [2.75, 3.05) is 4.90 Å². The highest BCUT2D eigenvalue weighted by Gasteiger charge is 2.36. The molecule has 5 rings (SSSR count). The molecule has 0 saturated heterocycles. The molecule has 0 aliphatic carbocycles. The largest absolute Gasteiger partial charge is 0.334 e. The van der Waals surface area contributed by atoms with Crippen molar-refractivity contribution >= 4 is 28.9 Å². The van der Waals surface area contributed by atoms with Gasteiger partial charge in [0.1, 0.15) is 0 Å². The molecule has 1 aliphatic rings. The van der Waals surface area contributed by atoms with E-state index in [1.165, 1.54) is 0 Å². The summed E-state index contributed by atoms with van der Waals surface area (Å²) >= 11 is 6.28. The first-order chi connectivity index (χ1) is 16.4. The number of carbonyl (C=O) groups is 1. The lowest BCUT2D eigenvalue weighted by molar-refractivity contribution is 0.244. The van der Waals surface area contributed by atoms with E-state index >= 15 is 0 Å². The molecule has 0 radical (unpaired) electrons. The summed E-state index contributed by atoms with van der Waals surface area (Å²) in [5, 5.41) is 7.91. The molecular formula is C27H23ClN4O2. The Bertz CT molecular complexity index is 1410. The van der Waals surface area contributed by atoms with Crippen LogP contribution in [0.25, 0.3) is 17.0 Å². The number of benzene rings is 3. The number of allylic oxidation sites excluding steroid dienone is 1. The van der Waals surface area contributed by atoms with E-state index in [1.807, 2.05) is 87.5 Å². The van der Waals surface area contributed by atoms with Crippen molar-refractivity contribution in [1.82, 2.24) is 15.5 Å². The van der Waals surface area contributed by atoms with Gasteiger partial charge in [0.05, 0.1) is 17.3 Å². The van der Waals surface area contributed by atoms with Crippen LogP contribution in [0.4, 0.5) is 10.5 Å². The smallest absolute Gasteiger partial charge is 0.326 e. The van der Waals surface area contributed by atoms with Crippen LogP contribution in [0, 0.1) is 13.8 Å². The highest BCUT2D eigenvalue weighted by Crippen LogP contribution is 2.39. The summed E-state index contributed by atoms with van der Waals surface area (Å²) in [5.41, 5.74) is 6.07. The molecule has 1 unspecified atom stereocenters. The van der Waals surface area contributed by atoms with Crippen LogP contribution in [0.1, 0.15) is 35.5 Å². The van der Waals surface area contributed by atoms with Gasteiger partial charge in [-0.3, -0.25) is 4.90 Å². The van der Waals surface area contributed by atoms with Gasteiger partial charge in [0.15, 0.2) is 0 Å². The minimum Gasteiger partial charge on any atom is -0.334 e. The van der Waals surface area contributed by atoms with Gasteiger partial charge in [0, 0.05) is 16.3 Å². The number of anilines is 1. The highest BCUT2D eigenvalue weighted by atomic mass is 35.5. The number of aryl methyl sites for hydroxylation is 2. The Morgan fingerprint density at radius 3 is 2.44 bits per heavy atom. The van der Waals surface area contributed by atoms with Crippen molar-refractivity contribution in [1.29, 1.82) is 0 Å². The minimum atomic E-state index is -0.501. The summed E-state index contributed by atoms with van der Waals surface area (Å²) in [6.45, 7) is 5.91. The molecule has 2 heterocycles. The normalized spacial score (nSPS) is 16.1. The predicted molar refractivity (Wildman–Crippen MR) is 133 cm³/mol. The van der Waals surface area contributed by atoms with Gasteiger partial charge >= 0.3 is 6.03 Å². The molecule has 4 aromatic rings. The van der Waals surface area contributed by atoms with Gasteiger partial charge in [-0.1, -0.05) is 70.9 Å². The van der Waals surface area contributed by atoms with Crippen LogP contribution in [0.2, 0.25) is 5.02 Å². The molecule has 0 spiro atoms. The first-order valence-corrected chi connectivity index (χ1v) is 11.3. The third-order valence-corrected chi connectivity index (χ3v) is 6.13. The van der Waals surface area contributed by atoms with E-state index in [0.717, 1.165) is 27.9 Å². The molecule has 1 atom stereocenters. The fraction of sp³-hybridized carbons (Fsp3) is 0.148. The zero-order chi connectivity index (χ0) is 23.8. The first-order valence-electron chi connectivity index (χ1n) is 11.0. The summed E-state index contributed by atoms with van der Waals surface area (Å²) in [4.78, 5) is 19.6. The second-order valence-electron chi connectivity index (χ2n) is 8.40. The van der Waals surface area contributed by atoms with Gasteiger partial charge in [-0.15, -0.1) is 0 Å². The molecule has 7 heteroatoms. The van der Waals surface area contributed by atoms with Crippen LogP contribution in [0.3, 0.4) is 0 Å². The van der Waals surface area contributed by atoms with Crippen LogP contribution in [-0.2, 0) is 0 Å². The average molecular weight is 471 g/mol. The van der Waals surface area contributed by atoms with E-state index < -0.39 is 6.04 Å². The molecule has 2 amide bonds. The second-order valence-corrected chi connectivity index (χ2v) is 8.84. The molecule has 1 N–H and O–H groups in total. The van der Waals surface area contributed by atoms with Gasteiger partial charge in [-0.05, 0) is 56.2 Å². The van der Waals surface area contributed by atoms with Crippen LogP contribution >= 0.6 is 11.6 Å². The maximum absolute atomic E-state index is 13.3.